The van der Waals surface area contributed by atoms with E-state index in [9.17, 15) is 9.59 Å². The van der Waals surface area contributed by atoms with Crippen LogP contribution in [0.1, 0.15) is 41.0 Å². The third-order valence-corrected chi connectivity index (χ3v) is 2.18. The molecule has 16 heavy (non-hydrogen) atoms. The molecule has 1 heterocycles. The van der Waals surface area contributed by atoms with Crippen molar-refractivity contribution in [3.8, 4) is 0 Å². The van der Waals surface area contributed by atoms with E-state index in [-0.39, 0.29) is 5.78 Å². The molecule has 1 aliphatic rings. The zero-order chi connectivity index (χ0) is 12.5. The number of amides is 1. The summed E-state index contributed by atoms with van der Waals surface area (Å²) in [6.07, 6.45) is -0.0470. The Bertz CT molecular complexity index is 346. The summed E-state index contributed by atoms with van der Waals surface area (Å²) >= 11 is 0. The van der Waals surface area contributed by atoms with Gasteiger partial charge in [-0.15, -0.1) is 0 Å². The number of Topliss-reactive ketones (excluding diaryl/α,β-unsaturated/α-hetero) is 1. The van der Waals surface area contributed by atoms with Gasteiger partial charge in [-0.25, -0.2) is 4.79 Å². The molecule has 0 radical (unpaired) electrons. The highest BCUT2D eigenvalue weighted by Crippen LogP contribution is 2.23. The number of likely N-dealkylation sites (tertiary alicyclic amines) is 1. The Hall–Kier alpha value is -1.32. The van der Waals surface area contributed by atoms with Crippen molar-refractivity contribution < 1.29 is 14.3 Å². The lowest BCUT2D eigenvalue weighted by atomic mass is 10.2. The summed E-state index contributed by atoms with van der Waals surface area (Å²) < 4.78 is 5.25. The first-order valence-electron chi connectivity index (χ1n) is 5.43. The molecule has 1 amide bonds. The highest BCUT2D eigenvalue weighted by Gasteiger charge is 2.33. The van der Waals surface area contributed by atoms with E-state index in [1.165, 1.54) is 4.90 Å². The summed E-state index contributed by atoms with van der Waals surface area (Å²) in [5.41, 5.74) is 0.817. The molecule has 1 rings (SSSR count). The first-order valence-corrected chi connectivity index (χ1v) is 5.43. The van der Waals surface area contributed by atoms with Gasteiger partial charge in [0, 0.05) is 13.0 Å². The summed E-state index contributed by atoms with van der Waals surface area (Å²) in [4.78, 5) is 24.9. The minimum atomic E-state index is -0.532. The van der Waals surface area contributed by atoms with Crippen molar-refractivity contribution in [2.75, 3.05) is 6.54 Å². The molecular weight excluding hydrogens is 206 g/mol. The van der Waals surface area contributed by atoms with Crippen LogP contribution in [0.15, 0.2) is 11.3 Å². The molecule has 0 spiro atoms. The van der Waals surface area contributed by atoms with E-state index in [4.69, 9.17) is 4.74 Å². The minimum Gasteiger partial charge on any atom is -0.443 e. The topological polar surface area (TPSA) is 46.6 Å². The molecule has 90 valence electrons. The van der Waals surface area contributed by atoms with Crippen molar-refractivity contribution >= 4 is 11.9 Å². The van der Waals surface area contributed by atoms with Gasteiger partial charge in [0.15, 0.2) is 5.78 Å². The second-order valence-electron chi connectivity index (χ2n) is 5.15. The standard InChI is InChI=1S/C12H19NO3/c1-8(2)10-9(14)6-7-13(10)11(15)16-12(3,4)5/h6-7H2,1-5H3. The average Bonchev–Trinajstić information content (AvgIpc) is 2.43. The van der Waals surface area contributed by atoms with Crippen molar-refractivity contribution in [3.63, 3.8) is 0 Å². The maximum absolute atomic E-state index is 11.8. The third kappa shape index (κ3) is 2.84. The van der Waals surface area contributed by atoms with Crippen molar-refractivity contribution in [2.45, 2.75) is 46.6 Å². The number of ether oxygens (including phenoxy) is 1. The van der Waals surface area contributed by atoms with Crippen LogP contribution in [-0.2, 0) is 9.53 Å². The molecule has 0 aromatic rings. The number of hydrogen-bond donors (Lipinski definition) is 0. The summed E-state index contributed by atoms with van der Waals surface area (Å²) in [6.45, 7) is 9.51. The molecule has 0 saturated carbocycles. The van der Waals surface area contributed by atoms with E-state index in [1.807, 2.05) is 34.6 Å². The summed E-state index contributed by atoms with van der Waals surface area (Å²) in [7, 11) is 0. The summed E-state index contributed by atoms with van der Waals surface area (Å²) in [6, 6.07) is 0. The number of carbonyl (C=O) groups is 2. The number of allylic oxidation sites excluding steroid dienone is 2. The Kier molecular flexibility index (Phi) is 3.41. The monoisotopic (exact) mass is 225 g/mol. The molecule has 0 aromatic heterocycles. The van der Waals surface area contributed by atoms with E-state index < -0.39 is 11.7 Å². The van der Waals surface area contributed by atoms with Gasteiger partial charge < -0.3 is 4.74 Å². The largest absolute Gasteiger partial charge is 0.443 e. The fourth-order valence-electron chi connectivity index (χ4n) is 1.64. The van der Waals surface area contributed by atoms with Gasteiger partial charge >= 0.3 is 6.09 Å². The van der Waals surface area contributed by atoms with Gasteiger partial charge in [-0.3, -0.25) is 9.69 Å². The minimum absolute atomic E-state index is 0.0193. The molecule has 0 aromatic carbocycles. The summed E-state index contributed by atoms with van der Waals surface area (Å²) in [5.74, 6) is 0.0193. The van der Waals surface area contributed by atoms with Crippen LogP contribution in [0.4, 0.5) is 4.79 Å². The van der Waals surface area contributed by atoms with Crippen molar-refractivity contribution in [3.05, 3.63) is 11.3 Å². The molecule has 0 unspecified atom stereocenters. The predicted molar refractivity (Wildman–Crippen MR) is 60.9 cm³/mol. The quantitative estimate of drug-likeness (QED) is 0.595. The van der Waals surface area contributed by atoms with Crippen molar-refractivity contribution in [1.29, 1.82) is 0 Å². The molecule has 1 aliphatic heterocycles. The lowest BCUT2D eigenvalue weighted by molar-refractivity contribution is -0.114. The van der Waals surface area contributed by atoms with Crippen LogP contribution >= 0.6 is 0 Å². The third-order valence-electron chi connectivity index (χ3n) is 2.18. The molecular formula is C12H19NO3. The molecule has 0 aliphatic carbocycles. The van der Waals surface area contributed by atoms with Gasteiger partial charge in [-0.2, -0.15) is 0 Å². The fourth-order valence-corrected chi connectivity index (χ4v) is 1.64. The van der Waals surface area contributed by atoms with Crippen LogP contribution in [0.25, 0.3) is 0 Å². The van der Waals surface area contributed by atoms with Crippen LogP contribution in [0.5, 0.6) is 0 Å². The maximum atomic E-state index is 11.8. The van der Waals surface area contributed by atoms with Crippen LogP contribution in [0.2, 0.25) is 0 Å². The van der Waals surface area contributed by atoms with E-state index in [0.29, 0.717) is 18.7 Å². The number of ketones is 1. The Morgan fingerprint density at radius 3 is 2.31 bits per heavy atom. The van der Waals surface area contributed by atoms with E-state index in [2.05, 4.69) is 0 Å². The van der Waals surface area contributed by atoms with Gasteiger partial charge in [0.25, 0.3) is 0 Å². The lowest BCUT2D eigenvalue weighted by Crippen LogP contribution is -2.34. The van der Waals surface area contributed by atoms with Crippen LogP contribution in [0.3, 0.4) is 0 Å². The van der Waals surface area contributed by atoms with Crippen LogP contribution in [-0.4, -0.2) is 28.9 Å². The molecule has 1 saturated heterocycles. The van der Waals surface area contributed by atoms with Gasteiger partial charge in [0.05, 0.1) is 5.70 Å². The molecule has 4 nitrogen and oxygen atoms in total. The Labute approximate surface area is 96.3 Å². The molecule has 4 heteroatoms. The predicted octanol–water partition coefficient (Wildman–Crippen LogP) is 2.49. The van der Waals surface area contributed by atoms with E-state index >= 15 is 0 Å². The van der Waals surface area contributed by atoms with Crippen LogP contribution < -0.4 is 0 Å². The zero-order valence-corrected chi connectivity index (χ0v) is 10.6. The lowest BCUT2D eigenvalue weighted by Gasteiger charge is -2.25. The van der Waals surface area contributed by atoms with E-state index in [1.54, 1.807) is 0 Å². The second kappa shape index (κ2) is 4.28. The van der Waals surface area contributed by atoms with Crippen LogP contribution in [0, 0.1) is 0 Å². The first-order chi connectivity index (χ1) is 7.22. The smallest absolute Gasteiger partial charge is 0.414 e. The highest BCUT2D eigenvalue weighted by molar-refractivity contribution is 6.01. The Balaban J connectivity index is 2.86. The molecule has 0 bridgehead atoms. The fraction of sp³-hybridized carbons (Fsp3) is 0.667. The number of rotatable bonds is 0. The SMILES string of the molecule is CC(C)=C1C(=O)CCN1C(=O)OC(C)(C)C. The number of hydrogen-bond acceptors (Lipinski definition) is 3. The normalized spacial score (nSPS) is 16.7. The highest BCUT2D eigenvalue weighted by atomic mass is 16.6. The van der Waals surface area contributed by atoms with Crippen molar-refractivity contribution in [2.24, 2.45) is 0 Å². The molecule has 0 N–H and O–H groups in total. The van der Waals surface area contributed by atoms with Crippen molar-refractivity contribution in [1.82, 2.24) is 4.90 Å². The second-order valence-corrected chi connectivity index (χ2v) is 5.15. The van der Waals surface area contributed by atoms with Gasteiger partial charge in [0.2, 0.25) is 0 Å². The maximum Gasteiger partial charge on any atom is 0.414 e. The van der Waals surface area contributed by atoms with Gasteiger partial charge in [0.1, 0.15) is 5.60 Å². The average molecular weight is 225 g/mol. The number of carbonyl (C=O) groups excluding carboxylic acids is 2. The van der Waals surface area contributed by atoms with Gasteiger partial charge in [-0.1, -0.05) is 0 Å². The first kappa shape index (κ1) is 12.7. The number of nitrogens with zero attached hydrogens (tertiary/aromatic N) is 1. The summed E-state index contributed by atoms with van der Waals surface area (Å²) in [5, 5.41) is 0. The Morgan fingerprint density at radius 2 is 1.88 bits per heavy atom. The van der Waals surface area contributed by atoms with Gasteiger partial charge in [-0.05, 0) is 40.2 Å². The zero-order valence-electron chi connectivity index (χ0n) is 10.6. The van der Waals surface area contributed by atoms with E-state index in [0.717, 1.165) is 5.57 Å². The molecule has 0 atom stereocenters. The molecule has 1 fully saturated rings. The Morgan fingerprint density at radius 1 is 1.31 bits per heavy atom.